The molecule has 0 radical (unpaired) electrons. The Balaban J connectivity index is 4.53. The molecular weight excluding hydrogens is 757 g/mol. The van der Waals surface area contributed by atoms with Crippen LogP contribution in [-0.2, 0) is 28.6 Å². The Labute approximate surface area is 373 Å². The third-order valence-corrected chi connectivity index (χ3v) is 9.57. The second-order valence-electron chi connectivity index (χ2n) is 15.3. The van der Waals surface area contributed by atoms with Crippen LogP contribution in [0.15, 0.2) is 122 Å². The SMILES string of the molecule is CC\C=C/C=C\C=C/C=C\C=C/CCCCCC(=O)OC(COC(=O)CCCCCCC/C=C\C/C=C\CC)COC(=O)CCCCCCCC/C=C\C/C=C\C/C=C\CC. The summed E-state index contributed by atoms with van der Waals surface area (Å²) >= 11 is 0. The number of carbonyl (C=O) groups excluding carboxylic acids is 3. The van der Waals surface area contributed by atoms with Gasteiger partial charge >= 0.3 is 17.9 Å². The van der Waals surface area contributed by atoms with Gasteiger partial charge in [-0.2, -0.15) is 0 Å². The summed E-state index contributed by atoms with van der Waals surface area (Å²) in [7, 11) is 0. The summed E-state index contributed by atoms with van der Waals surface area (Å²) in [4.78, 5) is 37.9. The zero-order valence-corrected chi connectivity index (χ0v) is 38.9. The Bertz CT molecular complexity index is 1340. The number of unbranched alkanes of at least 4 members (excludes halogenated alkanes) is 14. The smallest absolute Gasteiger partial charge is 0.306 e. The fraction of sp³-hybridized carbons (Fsp3) is 0.582. The molecule has 0 aliphatic rings. The van der Waals surface area contributed by atoms with Gasteiger partial charge in [0.05, 0.1) is 0 Å². The molecule has 0 aromatic heterocycles. The maximum Gasteiger partial charge on any atom is 0.306 e. The molecule has 0 aromatic rings. The quantitative estimate of drug-likeness (QED) is 0.0201. The lowest BCUT2D eigenvalue weighted by atomic mass is 10.1. The van der Waals surface area contributed by atoms with Gasteiger partial charge in [0.1, 0.15) is 13.2 Å². The van der Waals surface area contributed by atoms with E-state index in [1.54, 1.807) is 0 Å². The molecule has 0 aliphatic heterocycles. The summed E-state index contributed by atoms with van der Waals surface area (Å²) in [5, 5.41) is 0. The van der Waals surface area contributed by atoms with Crippen LogP contribution in [0.5, 0.6) is 0 Å². The first kappa shape index (κ1) is 56.8. The molecular formula is C55H86O6. The van der Waals surface area contributed by atoms with Crippen LogP contribution in [0.1, 0.15) is 188 Å². The largest absolute Gasteiger partial charge is 0.462 e. The van der Waals surface area contributed by atoms with E-state index in [-0.39, 0.29) is 37.5 Å². The van der Waals surface area contributed by atoms with Gasteiger partial charge in [0.25, 0.3) is 0 Å². The van der Waals surface area contributed by atoms with Crippen LogP contribution in [0.25, 0.3) is 0 Å². The molecule has 0 saturated heterocycles. The Morgan fingerprint density at radius 2 is 0.672 bits per heavy atom. The van der Waals surface area contributed by atoms with E-state index in [0.29, 0.717) is 19.3 Å². The molecule has 0 amide bonds. The van der Waals surface area contributed by atoms with Crippen molar-refractivity contribution in [2.24, 2.45) is 0 Å². The van der Waals surface area contributed by atoms with E-state index in [1.807, 2.05) is 48.6 Å². The Hall–Kier alpha value is -4.19. The first-order valence-corrected chi connectivity index (χ1v) is 24.1. The monoisotopic (exact) mass is 843 g/mol. The molecule has 0 heterocycles. The van der Waals surface area contributed by atoms with Crippen LogP contribution in [0.3, 0.4) is 0 Å². The van der Waals surface area contributed by atoms with Crippen LogP contribution < -0.4 is 0 Å². The van der Waals surface area contributed by atoms with Gasteiger partial charge in [-0.25, -0.2) is 0 Å². The van der Waals surface area contributed by atoms with Crippen molar-refractivity contribution in [1.29, 1.82) is 0 Å². The Morgan fingerprint density at radius 3 is 1.13 bits per heavy atom. The number of hydrogen-bond donors (Lipinski definition) is 0. The van der Waals surface area contributed by atoms with Crippen molar-refractivity contribution >= 4 is 17.9 Å². The van der Waals surface area contributed by atoms with Gasteiger partial charge in [0, 0.05) is 19.3 Å². The summed E-state index contributed by atoms with van der Waals surface area (Å²) in [5.41, 5.74) is 0. The molecule has 0 N–H and O–H groups in total. The molecule has 61 heavy (non-hydrogen) atoms. The van der Waals surface area contributed by atoms with E-state index in [9.17, 15) is 14.4 Å². The summed E-state index contributed by atoms with van der Waals surface area (Å²) in [6.45, 7) is 6.18. The van der Waals surface area contributed by atoms with Crippen LogP contribution >= 0.6 is 0 Å². The van der Waals surface area contributed by atoms with Crippen molar-refractivity contribution < 1.29 is 28.6 Å². The van der Waals surface area contributed by atoms with E-state index in [0.717, 1.165) is 128 Å². The van der Waals surface area contributed by atoms with Crippen LogP contribution in [-0.4, -0.2) is 37.2 Å². The first-order valence-electron chi connectivity index (χ1n) is 24.1. The fourth-order valence-electron chi connectivity index (χ4n) is 6.04. The highest BCUT2D eigenvalue weighted by Gasteiger charge is 2.19. The lowest BCUT2D eigenvalue weighted by Crippen LogP contribution is -2.30. The van der Waals surface area contributed by atoms with Gasteiger partial charge in [-0.1, -0.05) is 194 Å². The molecule has 6 heteroatoms. The number of rotatable bonds is 41. The van der Waals surface area contributed by atoms with Gasteiger partial charge in [0.15, 0.2) is 6.10 Å². The molecule has 1 atom stereocenters. The summed E-state index contributed by atoms with van der Waals surface area (Å²) in [5.74, 6) is -0.991. The highest BCUT2D eigenvalue weighted by atomic mass is 16.6. The highest BCUT2D eigenvalue weighted by molar-refractivity contribution is 5.71. The van der Waals surface area contributed by atoms with Crippen LogP contribution in [0.4, 0.5) is 0 Å². The lowest BCUT2D eigenvalue weighted by Gasteiger charge is -2.18. The van der Waals surface area contributed by atoms with Crippen molar-refractivity contribution in [2.75, 3.05) is 13.2 Å². The second kappa shape index (κ2) is 48.5. The van der Waals surface area contributed by atoms with Crippen molar-refractivity contribution in [3.05, 3.63) is 122 Å². The minimum Gasteiger partial charge on any atom is -0.462 e. The average Bonchev–Trinajstić information content (AvgIpc) is 3.26. The number of allylic oxidation sites excluding steroid dienone is 20. The normalized spacial score (nSPS) is 13.2. The molecule has 0 aromatic carbocycles. The van der Waals surface area contributed by atoms with E-state index >= 15 is 0 Å². The van der Waals surface area contributed by atoms with Gasteiger partial charge in [-0.05, 0) is 96.3 Å². The van der Waals surface area contributed by atoms with E-state index in [2.05, 4.69) is 93.7 Å². The zero-order chi connectivity index (χ0) is 44.4. The second-order valence-corrected chi connectivity index (χ2v) is 15.3. The number of esters is 3. The average molecular weight is 843 g/mol. The van der Waals surface area contributed by atoms with Crippen molar-refractivity contribution in [3.63, 3.8) is 0 Å². The standard InChI is InChI=1S/C55H86O6/c1-4-7-10-13-16-19-22-25-27-29-30-33-36-39-42-45-48-54(57)60-51-52(50-59-53(56)47-44-41-38-35-32-24-21-18-15-12-9-6-3)61-55(58)49-46-43-40-37-34-31-28-26-23-20-17-14-11-8-5-2/h7-12,14,16-21,23,25-28,31,34,52H,4-6,13,15,22,24,29-30,32-33,35-51H2,1-3H3/b10-7-,11-8-,12-9-,17-14-,19-16-,21-18-,23-20-,27-25-,28-26-,34-31-. The molecule has 0 saturated carbocycles. The lowest BCUT2D eigenvalue weighted by molar-refractivity contribution is -0.167. The topological polar surface area (TPSA) is 78.9 Å². The van der Waals surface area contributed by atoms with E-state index < -0.39 is 6.10 Å². The summed E-state index contributed by atoms with van der Waals surface area (Å²) in [6.07, 6.45) is 66.1. The number of carbonyl (C=O) groups is 3. The third kappa shape index (κ3) is 46.7. The minimum atomic E-state index is -0.814. The molecule has 342 valence electrons. The molecule has 1 unspecified atom stereocenters. The summed E-state index contributed by atoms with van der Waals surface area (Å²) < 4.78 is 16.7. The predicted octanol–water partition coefficient (Wildman–Crippen LogP) is 15.7. The zero-order valence-electron chi connectivity index (χ0n) is 38.9. The van der Waals surface area contributed by atoms with Crippen LogP contribution in [0.2, 0.25) is 0 Å². The molecule has 6 nitrogen and oxygen atoms in total. The highest BCUT2D eigenvalue weighted by Crippen LogP contribution is 2.12. The van der Waals surface area contributed by atoms with Gasteiger partial charge in [-0.3, -0.25) is 14.4 Å². The Kier molecular flexibility index (Phi) is 45.1. The molecule has 0 aliphatic carbocycles. The third-order valence-electron chi connectivity index (χ3n) is 9.57. The predicted molar refractivity (Wildman–Crippen MR) is 260 cm³/mol. The summed E-state index contributed by atoms with van der Waals surface area (Å²) in [6, 6.07) is 0. The fourth-order valence-corrected chi connectivity index (χ4v) is 6.04. The maximum absolute atomic E-state index is 12.8. The molecule has 0 rings (SSSR count). The number of ether oxygens (including phenoxy) is 3. The van der Waals surface area contributed by atoms with Gasteiger partial charge in [-0.15, -0.1) is 0 Å². The molecule has 0 fully saturated rings. The van der Waals surface area contributed by atoms with Crippen molar-refractivity contribution in [2.45, 2.75) is 194 Å². The van der Waals surface area contributed by atoms with Crippen molar-refractivity contribution in [1.82, 2.24) is 0 Å². The maximum atomic E-state index is 12.8. The van der Waals surface area contributed by atoms with E-state index in [4.69, 9.17) is 14.2 Å². The molecule has 0 bridgehead atoms. The van der Waals surface area contributed by atoms with Crippen LogP contribution in [0, 0.1) is 0 Å². The van der Waals surface area contributed by atoms with Gasteiger partial charge < -0.3 is 14.2 Å². The van der Waals surface area contributed by atoms with Crippen molar-refractivity contribution in [3.8, 4) is 0 Å². The minimum absolute atomic E-state index is 0.111. The van der Waals surface area contributed by atoms with Gasteiger partial charge in [0.2, 0.25) is 0 Å². The van der Waals surface area contributed by atoms with E-state index in [1.165, 1.54) is 12.8 Å². The molecule has 0 spiro atoms. The number of hydrogen-bond acceptors (Lipinski definition) is 6. The Morgan fingerprint density at radius 1 is 0.344 bits per heavy atom. The first-order chi connectivity index (χ1) is 30.0.